The lowest BCUT2D eigenvalue weighted by Crippen LogP contribution is -2.12. The summed E-state index contributed by atoms with van der Waals surface area (Å²) in [6, 6.07) is 17.4. The molecule has 2 N–H and O–H groups in total. The van der Waals surface area contributed by atoms with Gasteiger partial charge in [0, 0.05) is 23.0 Å². The number of rotatable bonds is 5. The Morgan fingerprint density at radius 1 is 0.962 bits per heavy atom. The average molecular weight is 366 g/mol. The average Bonchev–Trinajstić information content (AvgIpc) is 2.64. The third-order valence-corrected chi connectivity index (χ3v) is 4.02. The zero-order chi connectivity index (χ0) is 18.5. The van der Waals surface area contributed by atoms with Crippen LogP contribution in [0.4, 0.5) is 17.2 Å². The van der Waals surface area contributed by atoms with Gasteiger partial charge >= 0.3 is 0 Å². The highest BCUT2D eigenvalue weighted by Gasteiger charge is 2.10. The second-order valence-electron chi connectivity index (χ2n) is 5.63. The molecule has 1 amide bonds. The molecule has 6 heteroatoms. The first-order valence-corrected chi connectivity index (χ1v) is 8.31. The molecule has 0 aliphatic heterocycles. The standard InChI is InChI=1S/C20H16ClN3O2/c1-13(25)14-5-4-6-16(11-14)23-19-12-15(9-10-22-19)20(26)24-18-8-3-2-7-17(18)21/h2-12H,1H3,(H,22,23)(H,24,26). The number of nitrogens with one attached hydrogen (secondary N) is 2. The van der Waals surface area contributed by atoms with Crippen LogP contribution in [-0.4, -0.2) is 16.7 Å². The van der Waals surface area contributed by atoms with Crippen molar-refractivity contribution in [2.45, 2.75) is 6.92 Å². The van der Waals surface area contributed by atoms with Crippen molar-refractivity contribution in [1.82, 2.24) is 4.98 Å². The molecule has 0 spiro atoms. The molecule has 0 aliphatic rings. The van der Waals surface area contributed by atoms with Crippen molar-refractivity contribution in [2.75, 3.05) is 10.6 Å². The molecule has 0 saturated carbocycles. The van der Waals surface area contributed by atoms with E-state index in [1.807, 2.05) is 6.07 Å². The van der Waals surface area contributed by atoms with Gasteiger partial charge in [0.1, 0.15) is 5.82 Å². The van der Waals surface area contributed by atoms with Crippen molar-refractivity contribution in [3.63, 3.8) is 0 Å². The summed E-state index contributed by atoms with van der Waals surface area (Å²) >= 11 is 6.07. The van der Waals surface area contributed by atoms with Gasteiger partial charge in [0.05, 0.1) is 10.7 Å². The molecule has 2 aromatic carbocycles. The van der Waals surface area contributed by atoms with Crippen LogP contribution in [0.2, 0.25) is 5.02 Å². The maximum absolute atomic E-state index is 12.4. The Bertz CT molecular complexity index is 973. The lowest BCUT2D eigenvalue weighted by atomic mass is 10.1. The Morgan fingerprint density at radius 3 is 2.54 bits per heavy atom. The van der Waals surface area contributed by atoms with E-state index in [9.17, 15) is 9.59 Å². The van der Waals surface area contributed by atoms with Gasteiger partial charge < -0.3 is 10.6 Å². The summed E-state index contributed by atoms with van der Waals surface area (Å²) in [5, 5.41) is 6.34. The van der Waals surface area contributed by atoms with Crippen LogP contribution < -0.4 is 10.6 Å². The molecule has 5 nitrogen and oxygen atoms in total. The molecule has 130 valence electrons. The van der Waals surface area contributed by atoms with Crippen LogP contribution >= 0.6 is 11.6 Å². The summed E-state index contributed by atoms with van der Waals surface area (Å²) < 4.78 is 0. The van der Waals surface area contributed by atoms with Crippen molar-refractivity contribution in [3.8, 4) is 0 Å². The number of carbonyl (C=O) groups excluding carboxylic acids is 2. The summed E-state index contributed by atoms with van der Waals surface area (Å²) in [5.41, 5.74) is 2.29. The zero-order valence-electron chi connectivity index (χ0n) is 14.0. The summed E-state index contributed by atoms with van der Waals surface area (Å²) in [5.74, 6) is 0.188. The summed E-state index contributed by atoms with van der Waals surface area (Å²) in [6.45, 7) is 1.51. The fraction of sp³-hybridized carbons (Fsp3) is 0.0500. The number of anilines is 3. The molecular weight excluding hydrogens is 350 g/mol. The lowest BCUT2D eigenvalue weighted by molar-refractivity contribution is 0.101. The number of halogens is 1. The van der Waals surface area contributed by atoms with Gasteiger partial charge in [-0.25, -0.2) is 4.98 Å². The van der Waals surface area contributed by atoms with Crippen LogP contribution in [0.15, 0.2) is 66.9 Å². The second-order valence-corrected chi connectivity index (χ2v) is 6.03. The van der Waals surface area contributed by atoms with Crippen LogP contribution in [-0.2, 0) is 0 Å². The van der Waals surface area contributed by atoms with E-state index >= 15 is 0 Å². The van der Waals surface area contributed by atoms with E-state index < -0.39 is 0 Å². The third kappa shape index (κ3) is 4.26. The van der Waals surface area contributed by atoms with Crippen molar-refractivity contribution in [3.05, 3.63) is 83.0 Å². The lowest BCUT2D eigenvalue weighted by Gasteiger charge is -2.10. The van der Waals surface area contributed by atoms with Crippen molar-refractivity contribution in [1.29, 1.82) is 0 Å². The third-order valence-electron chi connectivity index (χ3n) is 3.69. The van der Waals surface area contributed by atoms with E-state index in [4.69, 9.17) is 11.6 Å². The number of Topliss-reactive ketones (excluding diaryl/α,β-unsaturated/α-hetero) is 1. The van der Waals surface area contributed by atoms with Gasteiger partial charge in [-0.05, 0) is 43.3 Å². The molecule has 0 saturated heterocycles. The Kier molecular flexibility index (Phi) is 5.29. The van der Waals surface area contributed by atoms with Crippen LogP contribution in [0.3, 0.4) is 0 Å². The molecule has 0 unspecified atom stereocenters. The molecule has 1 heterocycles. The number of aromatic nitrogens is 1. The highest BCUT2D eigenvalue weighted by atomic mass is 35.5. The van der Waals surface area contributed by atoms with E-state index in [1.54, 1.807) is 60.8 Å². The zero-order valence-corrected chi connectivity index (χ0v) is 14.7. The van der Waals surface area contributed by atoms with Crippen molar-refractivity contribution >= 4 is 40.5 Å². The summed E-state index contributed by atoms with van der Waals surface area (Å²) in [4.78, 5) is 28.1. The first-order chi connectivity index (χ1) is 12.5. The first-order valence-electron chi connectivity index (χ1n) is 7.93. The Labute approximate surface area is 156 Å². The van der Waals surface area contributed by atoms with E-state index in [0.717, 1.165) is 0 Å². The Hall–Kier alpha value is -3.18. The van der Waals surface area contributed by atoms with Gasteiger partial charge in [0.25, 0.3) is 5.91 Å². The van der Waals surface area contributed by atoms with E-state index in [-0.39, 0.29) is 11.7 Å². The molecule has 3 aromatic rings. The minimum atomic E-state index is -0.291. The molecule has 3 rings (SSSR count). The summed E-state index contributed by atoms with van der Waals surface area (Å²) in [7, 11) is 0. The van der Waals surface area contributed by atoms with E-state index in [2.05, 4.69) is 15.6 Å². The first kappa shape index (κ1) is 17.6. The van der Waals surface area contributed by atoms with Crippen LogP contribution in [0.5, 0.6) is 0 Å². The number of para-hydroxylation sites is 1. The minimum absolute atomic E-state index is 0.0190. The predicted octanol–water partition coefficient (Wildman–Crippen LogP) is 4.93. The van der Waals surface area contributed by atoms with Crippen LogP contribution in [0.25, 0.3) is 0 Å². The van der Waals surface area contributed by atoms with Crippen LogP contribution in [0.1, 0.15) is 27.6 Å². The minimum Gasteiger partial charge on any atom is -0.340 e. The maximum atomic E-state index is 12.4. The molecular formula is C20H16ClN3O2. The highest BCUT2D eigenvalue weighted by molar-refractivity contribution is 6.33. The van der Waals surface area contributed by atoms with E-state index in [0.29, 0.717) is 33.3 Å². The topological polar surface area (TPSA) is 71.1 Å². The van der Waals surface area contributed by atoms with Gasteiger partial charge in [-0.15, -0.1) is 0 Å². The molecule has 0 aliphatic carbocycles. The number of pyridine rings is 1. The Balaban J connectivity index is 1.78. The number of benzene rings is 2. The SMILES string of the molecule is CC(=O)c1cccc(Nc2cc(C(=O)Nc3ccccc3Cl)ccn2)c1. The number of amides is 1. The Morgan fingerprint density at radius 2 is 1.77 bits per heavy atom. The molecule has 0 atom stereocenters. The van der Waals surface area contributed by atoms with Gasteiger partial charge in [-0.1, -0.05) is 35.9 Å². The number of nitrogens with zero attached hydrogens (tertiary/aromatic N) is 1. The van der Waals surface area contributed by atoms with Gasteiger partial charge in [0.15, 0.2) is 5.78 Å². The second kappa shape index (κ2) is 7.80. The summed E-state index contributed by atoms with van der Waals surface area (Å²) in [6.07, 6.45) is 1.54. The number of ketones is 1. The molecule has 26 heavy (non-hydrogen) atoms. The monoisotopic (exact) mass is 365 g/mol. The quantitative estimate of drug-likeness (QED) is 0.628. The van der Waals surface area contributed by atoms with E-state index in [1.165, 1.54) is 6.92 Å². The van der Waals surface area contributed by atoms with Crippen molar-refractivity contribution in [2.24, 2.45) is 0 Å². The van der Waals surface area contributed by atoms with Gasteiger partial charge in [-0.3, -0.25) is 9.59 Å². The normalized spacial score (nSPS) is 10.2. The van der Waals surface area contributed by atoms with Gasteiger partial charge in [-0.2, -0.15) is 0 Å². The number of hydrogen-bond donors (Lipinski definition) is 2. The fourth-order valence-corrected chi connectivity index (χ4v) is 2.54. The fourth-order valence-electron chi connectivity index (χ4n) is 2.36. The van der Waals surface area contributed by atoms with Gasteiger partial charge in [0.2, 0.25) is 0 Å². The highest BCUT2D eigenvalue weighted by Crippen LogP contribution is 2.22. The number of carbonyl (C=O) groups is 2. The van der Waals surface area contributed by atoms with Crippen molar-refractivity contribution < 1.29 is 9.59 Å². The molecule has 1 aromatic heterocycles. The van der Waals surface area contributed by atoms with Crippen LogP contribution in [0, 0.1) is 0 Å². The molecule has 0 fully saturated rings. The largest absolute Gasteiger partial charge is 0.340 e. The molecule has 0 bridgehead atoms. The molecule has 0 radical (unpaired) electrons. The predicted molar refractivity (Wildman–Crippen MR) is 103 cm³/mol. The maximum Gasteiger partial charge on any atom is 0.255 e. The number of hydrogen-bond acceptors (Lipinski definition) is 4. The smallest absolute Gasteiger partial charge is 0.255 e.